The van der Waals surface area contributed by atoms with Gasteiger partial charge in [0.15, 0.2) is 5.13 Å². The van der Waals surface area contributed by atoms with Crippen LogP contribution in [0.25, 0.3) is 0 Å². The van der Waals surface area contributed by atoms with E-state index in [9.17, 15) is 0 Å². The Hall–Kier alpha value is -0.610. The van der Waals surface area contributed by atoms with Crippen LogP contribution in [-0.4, -0.2) is 25.1 Å². The van der Waals surface area contributed by atoms with Gasteiger partial charge in [-0.3, -0.25) is 0 Å². The summed E-state index contributed by atoms with van der Waals surface area (Å²) in [5.41, 5.74) is 1.66. The van der Waals surface area contributed by atoms with E-state index in [-0.39, 0.29) is 0 Å². The van der Waals surface area contributed by atoms with Gasteiger partial charge in [0.1, 0.15) is 0 Å². The van der Waals surface area contributed by atoms with E-state index >= 15 is 0 Å². The monoisotopic (exact) mass is 267 g/mol. The molecule has 1 atom stereocenters. The van der Waals surface area contributed by atoms with E-state index < -0.39 is 0 Å². The molecule has 1 unspecified atom stereocenters. The molecule has 1 aromatic heterocycles. The number of aromatic nitrogens is 1. The van der Waals surface area contributed by atoms with Gasteiger partial charge < -0.3 is 10.2 Å². The molecule has 0 spiro atoms. The molecule has 0 radical (unpaired) electrons. The molecule has 0 bridgehead atoms. The zero-order valence-electron chi connectivity index (χ0n) is 12.0. The summed E-state index contributed by atoms with van der Waals surface area (Å²) in [5.74, 6) is 0. The standard InChI is InChI=1S/C14H25N3S/c1-11(15-4)12-10-18-13(16-12)17-8-5-6-14(2,3)7-9-17/h10-11,15H,5-9H2,1-4H3. The molecular formula is C14H25N3S. The van der Waals surface area contributed by atoms with Crippen LogP contribution in [0.1, 0.15) is 51.8 Å². The third-order valence-corrected chi connectivity index (χ3v) is 4.92. The molecular weight excluding hydrogens is 242 g/mol. The van der Waals surface area contributed by atoms with E-state index in [1.54, 1.807) is 11.3 Å². The first-order valence-corrected chi connectivity index (χ1v) is 7.77. The highest BCUT2D eigenvalue weighted by molar-refractivity contribution is 7.13. The van der Waals surface area contributed by atoms with Gasteiger partial charge in [-0.2, -0.15) is 0 Å². The van der Waals surface area contributed by atoms with Crippen molar-refractivity contribution in [3.05, 3.63) is 11.1 Å². The van der Waals surface area contributed by atoms with Crippen molar-refractivity contribution in [2.75, 3.05) is 25.0 Å². The smallest absolute Gasteiger partial charge is 0.185 e. The van der Waals surface area contributed by atoms with Gasteiger partial charge >= 0.3 is 0 Å². The minimum Gasteiger partial charge on any atom is -0.348 e. The summed E-state index contributed by atoms with van der Waals surface area (Å²) in [6.45, 7) is 9.22. The zero-order chi connectivity index (χ0) is 13.2. The molecule has 1 N–H and O–H groups in total. The van der Waals surface area contributed by atoms with Gasteiger partial charge in [0.2, 0.25) is 0 Å². The van der Waals surface area contributed by atoms with Gasteiger partial charge in [-0.05, 0) is 38.6 Å². The van der Waals surface area contributed by atoms with E-state index in [1.165, 1.54) is 30.1 Å². The number of rotatable bonds is 3. The minimum absolute atomic E-state index is 0.346. The highest BCUT2D eigenvalue weighted by Gasteiger charge is 2.24. The Morgan fingerprint density at radius 1 is 1.39 bits per heavy atom. The average Bonchev–Trinajstić information content (AvgIpc) is 2.74. The Bertz CT molecular complexity index is 386. The molecule has 1 saturated heterocycles. The topological polar surface area (TPSA) is 28.2 Å². The summed E-state index contributed by atoms with van der Waals surface area (Å²) in [4.78, 5) is 7.24. The molecule has 1 aliphatic rings. The summed E-state index contributed by atoms with van der Waals surface area (Å²) < 4.78 is 0. The number of thiazole rings is 1. The van der Waals surface area contributed by atoms with E-state index in [1.807, 2.05) is 7.05 Å². The number of nitrogens with one attached hydrogen (secondary N) is 1. The van der Waals surface area contributed by atoms with Crippen LogP contribution in [0, 0.1) is 5.41 Å². The van der Waals surface area contributed by atoms with Crippen LogP contribution in [0.3, 0.4) is 0 Å². The maximum Gasteiger partial charge on any atom is 0.185 e. The van der Waals surface area contributed by atoms with E-state index in [4.69, 9.17) is 4.98 Å². The second kappa shape index (κ2) is 5.57. The van der Waals surface area contributed by atoms with Crippen LogP contribution in [0.15, 0.2) is 5.38 Å². The fraction of sp³-hybridized carbons (Fsp3) is 0.786. The van der Waals surface area contributed by atoms with Crippen LogP contribution in [0.2, 0.25) is 0 Å². The Morgan fingerprint density at radius 3 is 2.89 bits per heavy atom. The summed E-state index contributed by atoms with van der Waals surface area (Å²) in [6, 6.07) is 0.346. The number of hydrogen-bond donors (Lipinski definition) is 1. The molecule has 2 rings (SSSR count). The van der Waals surface area contributed by atoms with Crippen LogP contribution in [0.5, 0.6) is 0 Å². The fourth-order valence-electron chi connectivity index (χ4n) is 2.38. The van der Waals surface area contributed by atoms with Gasteiger partial charge in [0.25, 0.3) is 0 Å². The molecule has 0 saturated carbocycles. The molecule has 102 valence electrons. The number of nitrogens with zero attached hydrogens (tertiary/aromatic N) is 2. The highest BCUT2D eigenvalue weighted by Crippen LogP contribution is 2.33. The lowest BCUT2D eigenvalue weighted by molar-refractivity contribution is 0.325. The van der Waals surface area contributed by atoms with Crippen LogP contribution in [-0.2, 0) is 0 Å². The molecule has 18 heavy (non-hydrogen) atoms. The summed E-state index contributed by atoms with van der Waals surface area (Å²) in [6.07, 6.45) is 3.88. The Labute approximate surface area is 115 Å². The largest absolute Gasteiger partial charge is 0.348 e. The van der Waals surface area contributed by atoms with Crippen molar-refractivity contribution in [1.29, 1.82) is 0 Å². The quantitative estimate of drug-likeness (QED) is 0.909. The Balaban J connectivity index is 2.05. The van der Waals surface area contributed by atoms with Crippen LogP contribution >= 0.6 is 11.3 Å². The zero-order valence-corrected chi connectivity index (χ0v) is 12.8. The molecule has 1 aromatic rings. The lowest BCUT2D eigenvalue weighted by Gasteiger charge is -2.23. The van der Waals surface area contributed by atoms with Crippen molar-refractivity contribution in [1.82, 2.24) is 10.3 Å². The summed E-state index contributed by atoms with van der Waals surface area (Å²) >= 11 is 1.78. The first-order chi connectivity index (χ1) is 8.52. The number of hydrogen-bond acceptors (Lipinski definition) is 4. The Kier molecular flexibility index (Phi) is 4.28. The molecule has 1 aliphatic heterocycles. The van der Waals surface area contributed by atoms with Crippen LogP contribution < -0.4 is 10.2 Å². The third-order valence-electron chi connectivity index (χ3n) is 4.00. The molecule has 3 nitrogen and oxygen atoms in total. The third kappa shape index (κ3) is 3.23. The van der Waals surface area contributed by atoms with Crippen molar-refractivity contribution in [2.45, 2.75) is 46.1 Å². The first kappa shape index (κ1) is 13.8. The summed E-state index contributed by atoms with van der Waals surface area (Å²) in [7, 11) is 1.98. The van der Waals surface area contributed by atoms with E-state index in [0.717, 1.165) is 13.1 Å². The minimum atomic E-state index is 0.346. The maximum atomic E-state index is 4.78. The molecule has 1 fully saturated rings. The second-order valence-electron chi connectivity index (χ2n) is 6.07. The molecule has 0 amide bonds. The maximum absolute atomic E-state index is 4.78. The van der Waals surface area contributed by atoms with Crippen LogP contribution in [0.4, 0.5) is 5.13 Å². The predicted octanol–water partition coefficient (Wildman–Crippen LogP) is 3.44. The normalized spacial score (nSPS) is 21.7. The molecule has 0 aliphatic carbocycles. The van der Waals surface area contributed by atoms with E-state index in [2.05, 4.69) is 36.4 Å². The van der Waals surface area contributed by atoms with Crippen molar-refractivity contribution < 1.29 is 0 Å². The average molecular weight is 267 g/mol. The van der Waals surface area contributed by atoms with Crippen molar-refractivity contribution >= 4 is 16.5 Å². The van der Waals surface area contributed by atoms with Crippen molar-refractivity contribution in [3.8, 4) is 0 Å². The van der Waals surface area contributed by atoms with Crippen molar-refractivity contribution in [3.63, 3.8) is 0 Å². The van der Waals surface area contributed by atoms with Gasteiger partial charge in [0.05, 0.1) is 5.69 Å². The second-order valence-corrected chi connectivity index (χ2v) is 6.91. The lowest BCUT2D eigenvalue weighted by Crippen LogP contribution is -2.25. The van der Waals surface area contributed by atoms with Gasteiger partial charge in [-0.25, -0.2) is 4.98 Å². The summed E-state index contributed by atoms with van der Waals surface area (Å²) in [5, 5.41) is 6.63. The highest BCUT2D eigenvalue weighted by atomic mass is 32.1. The lowest BCUT2D eigenvalue weighted by atomic mass is 9.85. The molecule has 2 heterocycles. The predicted molar refractivity (Wildman–Crippen MR) is 79.4 cm³/mol. The molecule has 0 aromatic carbocycles. The molecule has 4 heteroatoms. The fourth-order valence-corrected chi connectivity index (χ4v) is 3.36. The first-order valence-electron chi connectivity index (χ1n) is 6.89. The van der Waals surface area contributed by atoms with E-state index in [0.29, 0.717) is 11.5 Å². The SMILES string of the molecule is CNC(C)c1csc(N2CCCC(C)(C)CC2)n1. The van der Waals surface area contributed by atoms with Gasteiger partial charge in [0, 0.05) is 24.5 Å². The Morgan fingerprint density at radius 2 is 2.17 bits per heavy atom. The van der Waals surface area contributed by atoms with Crippen molar-refractivity contribution in [2.24, 2.45) is 5.41 Å². The van der Waals surface area contributed by atoms with Gasteiger partial charge in [-0.15, -0.1) is 11.3 Å². The number of anilines is 1. The van der Waals surface area contributed by atoms with Gasteiger partial charge in [-0.1, -0.05) is 13.8 Å².